The van der Waals surface area contributed by atoms with Crippen molar-refractivity contribution in [3.63, 3.8) is 0 Å². The van der Waals surface area contributed by atoms with Gasteiger partial charge in [0.1, 0.15) is 5.69 Å². The van der Waals surface area contributed by atoms with E-state index in [9.17, 15) is 0 Å². The van der Waals surface area contributed by atoms with Gasteiger partial charge in [0.25, 0.3) is 0 Å². The van der Waals surface area contributed by atoms with Crippen molar-refractivity contribution in [2.75, 3.05) is 13.1 Å². The van der Waals surface area contributed by atoms with Crippen molar-refractivity contribution in [1.29, 1.82) is 0 Å². The van der Waals surface area contributed by atoms with E-state index >= 15 is 0 Å². The van der Waals surface area contributed by atoms with Crippen LogP contribution in [-0.4, -0.2) is 28.2 Å². The van der Waals surface area contributed by atoms with Crippen LogP contribution in [0.1, 0.15) is 25.7 Å². The Bertz CT molecular complexity index is 623. The van der Waals surface area contributed by atoms with Crippen LogP contribution in [0.25, 0.3) is 11.5 Å². The quantitative estimate of drug-likeness (QED) is 0.836. The van der Waals surface area contributed by atoms with Gasteiger partial charge in [-0.25, -0.2) is 0 Å². The fraction of sp³-hybridized carbons (Fsp3) is 0.462. The van der Waals surface area contributed by atoms with Gasteiger partial charge in [-0.3, -0.25) is 4.98 Å². The van der Waals surface area contributed by atoms with E-state index in [-0.39, 0.29) is 5.41 Å². The Labute approximate surface area is 133 Å². The van der Waals surface area contributed by atoms with Gasteiger partial charge in [0.05, 0.1) is 5.41 Å². The average Bonchev–Trinajstić information content (AvgIpc) is 2.90. The molecule has 20 heavy (non-hydrogen) atoms. The highest BCUT2D eigenvalue weighted by Crippen LogP contribution is 2.32. The number of aromatic nitrogens is 3. The zero-order valence-corrected chi connectivity index (χ0v) is 14.2. The lowest BCUT2D eigenvalue weighted by atomic mass is 9.83. The monoisotopic (exact) mass is 400 g/mol. The smallest absolute Gasteiger partial charge is 0.234 e. The number of hydrogen-bond donors (Lipinski definition) is 1. The molecule has 0 saturated carbocycles. The summed E-state index contributed by atoms with van der Waals surface area (Å²) in [7, 11) is 0. The van der Waals surface area contributed by atoms with Crippen LogP contribution in [0.4, 0.5) is 0 Å². The van der Waals surface area contributed by atoms with Crippen molar-refractivity contribution < 1.29 is 4.52 Å². The third kappa shape index (κ3) is 2.66. The van der Waals surface area contributed by atoms with E-state index in [0.29, 0.717) is 17.4 Å². The lowest BCUT2D eigenvalue weighted by molar-refractivity contribution is 0.245. The molecule has 106 valence electrons. The lowest BCUT2D eigenvalue weighted by Gasteiger charge is -2.30. The molecule has 2 aromatic heterocycles. The third-order valence-electron chi connectivity index (χ3n) is 3.56. The van der Waals surface area contributed by atoms with E-state index in [1.807, 2.05) is 6.07 Å². The molecule has 3 heterocycles. The number of rotatable bonds is 2. The number of halogens is 2. The van der Waals surface area contributed by atoms with Gasteiger partial charge in [0, 0.05) is 21.7 Å². The van der Waals surface area contributed by atoms with Crippen LogP contribution in [0.15, 0.2) is 25.7 Å². The Morgan fingerprint density at radius 3 is 2.95 bits per heavy atom. The van der Waals surface area contributed by atoms with E-state index in [4.69, 9.17) is 4.52 Å². The van der Waals surface area contributed by atoms with Crippen molar-refractivity contribution in [3.8, 4) is 11.5 Å². The van der Waals surface area contributed by atoms with Crippen molar-refractivity contribution in [2.45, 2.75) is 25.2 Å². The summed E-state index contributed by atoms with van der Waals surface area (Å²) < 4.78 is 7.22. The maximum Gasteiger partial charge on any atom is 0.234 e. The predicted molar refractivity (Wildman–Crippen MR) is 82.4 cm³/mol. The Morgan fingerprint density at radius 2 is 2.25 bits per heavy atom. The summed E-state index contributed by atoms with van der Waals surface area (Å²) in [6.07, 6.45) is 3.89. The van der Waals surface area contributed by atoms with E-state index in [0.717, 1.165) is 34.9 Å². The molecule has 3 rings (SSSR count). The molecule has 0 radical (unpaired) electrons. The summed E-state index contributed by atoms with van der Waals surface area (Å²) >= 11 is 6.86. The molecule has 1 N–H and O–H groups in total. The summed E-state index contributed by atoms with van der Waals surface area (Å²) in [5, 5.41) is 7.46. The van der Waals surface area contributed by atoms with Gasteiger partial charge >= 0.3 is 0 Å². The average molecular weight is 402 g/mol. The van der Waals surface area contributed by atoms with Crippen LogP contribution in [0.2, 0.25) is 0 Å². The van der Waals surface area contributed by atoms with Gasteiger partial charge < -0.3 is 9.84 Å². The Kier molecular flexibility index (Phi) is 3.92. The minimum Gasteiger partial charge on any atom is -0.338 e. The van der Waals surface area contributed by atoms with E-state index in [1.165, 1.54) is 0 Å². The molecule has 1 fully saturated rings. The van der Waals surface area contributed by atoms with Gasteiger partial charge in [-0.05, 0) is 64.2 Å². The fourth-order valence-electron chi connectivity index (χ4n) is 2.38. The molecule has 1 aliphatic heterocycles. The highest BCUT2D eigenvalue weighted by atomic mass is 79.9. The van der Waals surface area contributed by atoms with Crippen molar-refractivity contribution in [3.05, 3.63) is 27.1 Å². The van der Waals surface area contributed by atoms with Gasteiger partial charge in [-0.15, -0.1) is 0 Å². The number of piperidine rings is 1. The molecule has 2 aromatic rings. The Hall–Kier alpha value is -0.790. The summed E-state index contributed by atoms with van der Waals surface area (Å²) in [6, 6.07) is 1.92. The normalized spacial score (nSPS) is 22.9. The third-order valence-corrected chi connectivity index (χ3v) is 4.60. The molecule has 7 heteroatoms. The molecular formula is C13H14Br2N4O. The topological polar surface area (TPSA) is 63.8 Å². The van der Waals surface area contributed by atoms with Gasteiger partial charge in [0.15, 0.2) is 0 Å². The number of hydrogen-bond acceptors (Lipinski definition) is 5. The van der Waals surface area contributed by atoms with Gasteiger partial charge in [-0.1, -0.05) is 5.16 Å². The highest BCUT2D eigenvalue weighted by molar-refractivity contribution is 9.11. The van der Waals surface area contributed by atoms with Crippen molar-refractivity contribution in [1.82, 2.24) is 20.4 Å². The van der Waals surface area contributed by atoms with Crippen LogP contribution in [0, 0.1) is 0 Å². The molecular weight excluding hydrogens is 388 g/mol. The molecule has 0 spiro atoms. The second-order valence-corrected chi connectivity index (χ2v) is 7.02. The number of nitrogens with one attached hydrogen (secondary N) is 1. The van der Waals surface area contributed by atoms with E-state index < -0.39 is 0 Å². The van der Waals surface area contributed by atoms with Gasteiger partial charge in [-0.2, -0.15) is 4.98 Å². The van der Waals surface area contributed by atoms with Crippen LogP contribution < -0.4 is 5.32 Å². The van der Waals surface area contributed by atoms with Crippen LogP contribution in [0.3, 0.4) is 0 Å². The molecule has 0 bridgehead atoms. The fourth-order valence-corrected chi connectivity index (χ4v) is 3.55. The van der Waals surface area contributed by atoms with Crippen LogP contribution >= 0.6 is 31.9 Å². The first-order valence-corrected chi connectivity index (χ1v) is 8.03. The molecule has 0 aromatic carbocycles. The zero-order valence-electron chi connectivity index (χ0n) is 11.0. The molecule has 1 atom stereocenters. The molecule has 1 unspecified atom stereocenters. The summed E-state index contributed by atoms with van der Waals surface area (Å²) in [5.74, 6) is 1.20. The number of nitrogens with zero attached hydrogens (tertiary/aromatic N) is 3. The summed E-state index contributed by atoms with van der Waals surface area (Å²) in [5.41, 5.74) is 0.598. The molecule has 1 aliphatic rings. The van der Waals surface area contributed by atoms with Crippen molar-refractivity contribution >= 4 is 31.9 Å². The standard InChI is InChI=1S/C13H14Br2N4O/c1-13(3-2-4-16-7-13)12-18-11(19-20-12)10-9(15)5-8(14)6-17-10/h5-6,16H,2-4,7H2,1H3. The SMILES string of the molecule is CC1(c2nc(-c3ncc(Br)cc3Br)no2)CCCNC1. The van der Waals surface area contributed by atoms with Crippen LogP contribution in [-0.2, 0) is 5.41 Å². The van der Waals surface area contributed by atoms with Crippen molar-refractivity contribution in [2.24, 2.45) is 0 Å². The van der Waals surface area contributed by atoms with E-state index in [2.05, 4.69) is 59.2 Å². The lowest BCUT2D eigenvalue weighted by Crippen LogP contribution is -2.41. The first-order chi connectivity index (χ1) is 9.58. The molecule has 5 nitrogen and oxygen atoms in total. The summed E-state index contributed by atoms with van der Waals surface area (Å²) in [4.78, 5) is 8.88. The Balaban J connectivity index is 1.93. The summed E-state index contributed by atoms with van der Waals surface area (Å²) in [6.45, 7) is 4.07. The first-order valence-electron chi connectivity index (χ1n) is 6.45. The zero-order chi connectivity index (χ0) is 14.2. The molecule has 1 saturated heterocycles. The maximum atomic E-state index is 5.47. The first kappa shape index (κ1) is 14.2. The largest absolute Gasteiger partial charge is 0.338 e. The maximum absolute atomic E-state index is 5.47. The number of pyridine rings is 1. The highest BCUT2D eigenvalue weighted by Gasteiger charge is 2.34. The molecule has 0 aliphatic carbocycles. The Morgan fingerprint density at radius 1 is 1.40 bits per heavy atom. The second kappa shape index (κ2) is 5.54. The minimum atomic E-state index is -0.0919. The predicted octanol–water partition coefficient (Wildman–Crippen LogP) is 3.30. The van der Waals surface area contributed by atoms with E-state index in [1.54, 1.807) is 6.20 Å². The van der Waals surface area contributed by atoms with Crippen LogP contribution in [0.5, 0.6) is 0 Å². The molecule has 0 amide bonds. The second-order valence-electron chi connectivity index (χ2n) is 5.25. The minimum absolute atomic E-state index is 0.0919. The van der Waals surface area contributed by atoms with Gasteiger partial charge in [0.2, 0.25) is 11.7 Å².